The molecule has 0 amide bonds. The Kier molecular flexibility index (Phi) is 3.26. The van der Waals surface area contributed by atoms with Gasteiger partial charge in [-0.25, -0.2) is 8.42 Å². The minimum Gasteiger partial charge on any atom is -0.385 e. The first-order valence-corrected chi connectivity index (χ1v) is 6.24. The maximum atomic E-state index is 11.3. The number of ketones is 1. The van der Waals surface area contributed by atoms with E-state index in [1.807, 2.05) is 0 Å². The number of benzene rings is 1. The minimum atomic E-state index is -3.24. The first-order valence-electron chi connectivity index (χ1n) is 4.35. The van der Waals surface area contributed by atoms with Crippen LogP contribution in [0, 0.1) is 0 Å². The second-order valence-electron chi connectivity index (χ2n) is 3.34. The van der Waals surface area contributed by atoms with Gasteiger partial charge in [-0.15, -0.1) is 0 Å². The molecule has 0 radical (unpaired) electrons. The minimum absolute atomic E-state index is 0.157. The van der Waals surface area contributed by atoms with Crippen molar-refractivity contribution in [1.29, 1.82) is 0 Å². The lowest BCUT2D eigenvalue weighted by Crippen LogP contribution is -2.16. The van der Waals surface area contributed by atoms with Crippen LogP contribution in [0.2, 0.25) is 0 Å². The molecular weight excluding hydrogens is 216 g/mol. The lowest BCUT2D eigenvalue weighted by molar-refractivity contribution is 0.0779. The normalized spacial score (nSPS) is 13.5. The van der Waals surface area contributed by atoms with Gasteiger partial charge >= 0.3 is 0 Å². The van der Waals surface area contributed by atoms with E-state index in [0.29, 0.717) is 5.56 Å². The van der Waals surface area contributed by atoms with Crippen molar-refractivity contribution in [2.45, 2.75) is 17.9 Å². The van der Waals surface area contributed by atoms with Gasteiger partial charge in [0.1, 0.15) is 6.10 Å². The van der Waals surface area contributed by atoms with E-state index in [9.17, 15) is 13.2 Å². The lowest BCUT2D eigenvalue weighted by atomic mass is 10.1. The van der Waals surface area contributed by atoms with Gasteiger partial charge < -0.3 is 5.11 Å². The molecule has 0 aliphatic carbocycles. The van der Waals surface area contributed by atoms with Crippen LogP contribution in [0.4, 0.5) is 0 Å². The summed E-state index contributed by atoms with van der Waals surface area (Å²) in [5.74, 6) is -0.421. The van der Waals surface area contributed by atoms with Crippen LogP contribution in [0.1, 0.15) is 17.3 Å². The number of aliphatic hydroxyl groups is 1. The summed E-state index contributed by atoms with van der Waals surface area (Å²) in [7, 11) is -3.24. The topological polar surface area (TPSA) is 71.4 Å². The molecular formula is C10H12O4S. The molecule has 0 heterocycles. The Morgan fingerprint density at radius 3 is 2.07 bits per heavy atom. The predicted octanol–water partition coefficient (Wildman–Crippen LogP) is 0.654. The molecule has 15 heavy (non-hydrogen) atoms. The van der Waals surface area contributed by atoms with Crippen molar-refractivity contribution in [3.8, 4) is 0 Å². The van der Waals surface area contributed by atoms with Gasteiger partial charge in [0.05, 0.1) is 4.90 Å². The molecule has 4 nitrogen and oxygen atoms in total. The Hall–Kier alpha value is -1.20. The molecule has 1 N–H and O–H groups in total. The number of Topliss-reactive ketones (excluding diaryl/α,β-unsaturated/α-hetero) is 1. The van der Waals surface area contributed by atoms with Crippen LogP contribution in [0.3, 0.4) is 0 Å². The quantitative estimate of drug-likeness (QED) is 0.771. The number of sulfone groups is 1. The van der Waals surface area contributed by atoms with E-state index in [1.165, 1.54) is 31.2 Å². The summed E-state index contributed by atoms with van der Waals surface area (Å²) < 4.78 is 22.2. The number of hydrogen-bond donors (Lipinski definition) is 1. The van der Waals surface area contributed by atoms with Crippen LogP contribution in [-0.4, -0.2) is 31.7 Å². The van der Waals surface area contributed by atoms with Crippen LogP contribution in [0.25, 0.3) is 0 Å². The van der Waals surface area contributed by atoms with E-state index < -0.39 is 21.7 Å². The molecule has 0 aliphatic rings. The molecule has 1 aromatic carbocycles. The van der Waals surface area contributed by atoms with Crippen molar-refractivity contribution < 1.29 is 18.3 Å². The first-order chi connectivity index (χ1) is 6.82. The summed E-state index contributed by atoms with van der Waals surface area (Å²) in [6.45, 7) is 1.37. The highest BCUT2D eigenvalue weighted by molar-refractivity contribution is 7.90. The molecule has 0 bridgehead atoms. The lowest BCUT2D eigenvalue weighted by Gasteiger charge is -2.04. The van der Waals surface area contributed by atoms with Gasteiger partial charge in [-0.2, -0.15) is 0 Å². The maximum Gasteiger partial charge on any atom is 0.190 e. The average Bonchev–Trinajstić information content (AvgIpc) is 2.15. The van der Waals surface area contributed by atoms with Crippen molar-refractivity contribution in [2.24, 2.45) is 0 Å². The van der Waals surface area contributed by atoms with Gasteiger partial charge in [-0.05, 0) is 19.1 Å². The fourth-order valence-corrected chi connectivity index (χ4v) is 1.74. The zero-order valence-electron chi connectivity index (χ0n) is 8.47. The highest BCUT2D eigenvalue weighted by atomic mass is 32.2. The van der Waals surface area contributed by atoms with Gasteiger partial charge in [0.15, 0.2) is 15.6 Å². The Labute approximate surface area is 88.5 Å². The molecule has 0 saturated heterocycles. The molecule has 1 aromatic rings. The van der Waals surface area contributed by atoms with Crippen molar-refractivity contribution >= 4 is 15.6 Å². The van der Waals surface area contributed by atoms with Crippen molar-refractivity contribution in [3.63, 3.8) is 0 Å². The molecule has 0 aromatic heterocycles. The van der Waals surface area contributed by atoms with Gasteiger partial charge in [0.2, 0.25) is 0 Å². The van der Waals surface area contributed by atoms with Crippen LogP contribution in [0.5, 0.6) is 0 Å². The highest BCUT2D eigenvalue weighted by Crippen LogP contribution is 2.11. The molecule has 0 saturated carbocycles. The molecule has 5 heteroatoms. The second-order valence-corrected chi connectivity index (χ2v) is 5.35. The molecule has 0 fully saturated rings. The molecule has 1 atom stereocenters. The van der Waals surface area contributed by atoms with E-state index in [0.717, 1.165) is 6.26 Å². The number of aliphatic hydroxyl groups excluding tert-OH is 1. The Balaban J connectivity index is 3.06. The fraction of sp³-hybridized carbons (Fsp3) is 0.300. The third-order valence-corrected chi connectivity index (χ3v) is 3.07. The summed E-state index contributed by atoms with van der Waals surface area (Å²) in [6, 6.07) is 5.49. The van der Waals surface area contributed by atoms with Crippen LogP contribution < -0.4 is 0 Å². The molecule has 82 valence electrons. The van der Waals surface area contributed by atoms with Gasteiger partial charge in [0, 0.05) is 11.8 Å². The predicted molar refractivity (Wildman–Crippen MR) is 55.6 cm³/mol. The average molecular weight is 228 g/mol. The van der Waals surface area contributed by atoms with Crippen LogP contribution in [-0.2, 0) is 9.84 Å². The van der Waals surface area contributed by atoms with Crippen molar-refractivity contribution in [1.82, 2.24) is 0 Å². The standard InChI is InChI=1S/C10H12O4S/c1-7(11)10(12)8-3-5-9(6-4-8)15(2,13)14/h3-7,11H,1-2H3. The van der Waals surface area contributed by atoms with Gasteiger partial charge in [-0.1, -0.05) is 12.1 Å². The summed E-state index contributed by atoms with van der Waals surface area (Å²) in [4.78, 5) is 11.5. The largest absolute Gasteiger partial charge is 0.385 e. The Bertz CT molecular complexity index is 457. The number of hydrogen-bond acceptors (Lipinski definition) is 4. The van der Waals surface area contributed by atoms with E-state index in [-0.39, 0.29) is 4.90 Å². The van der Waals surface area contributed by atoms with Crippen molar-refractivity contribution in [3.05, 3.63) is 29.8 Å². The van der Waals surface area contributed by atoms with E-state index in [1.54, 1.807) is 0 Å². The number of carbonyl (C=O) groups is 1. The molecule has 0 aliphatic heterocycles. The van der Waals surface area contributed by atoms with E-state index in [4.69, 9.17) is 5.11 Å². The third kappa shape index (κ3) is 2.87. The summed E-state index contributed by atoms with van der Waals surface area (Å²) >= 11 is 0. The molecule has 1 unspecified atom stereocenters. The highest BCUT2D eigenvalue weighted by Gasteiger charge is 2.13. The van der Waals surface area contributed by atoms with Crippen molar-refractivity contribution in [2.75, 3.05) is 6.26 Å². The zero-order valence-corrected chi connectivity index (χ0v) is 9.28. The SMILES string of the molecule is CC(O)C(=O)c1ccc(S(C)(=O)=O)cc1. The Morgan fingerprint density at radius 2 is 1.73 bits per heavy atom. The maximum absolute atomic E-state index is 11.3. The van der Waals surface area contributed by atoms with Crippen LogP contribution in [0.15, 0.2) is 29.2 Å². The number of rotatable bonds is 3. The fourth-order valence-electron chi connectivity index (χ4n) is 1.11. The van der Waals surface area contributed by atoms with E-state index in [2.05, 4.69) is 0 Å². The van der Waals surface area contributed by atoms with Gasteiger partial charge in [0.25, 0.3) is 0 Å². The number of carbonyl (C=O) groups excluding carboxylic acids is 1. The second kappa shape index (κ2) is 4.12. The molecule has 0 spiro atoms. The summed E-state index contributed by atoms with van der Waals surface area (Å²) in [6.07, 6.45) is 0.0208. The van der Waals surface area contributed by atoms with Gasteiger partial charge in [-0.3, -0.25) is 4.79 Å². The summed E-state index contributed by atoms with van der Waals surface area (Å²) in [5, 5.41) is 9.04. The molecule has 1 rings (SSSR count). The third-order valence-electron chi connectivity index (χ3n) is 1.95. The Morgan fingerprint density at radius 1 is 1.27 bits per heavy atom. The smallest absolute Gasteiger partial charge is 0.190 e. The monoisotopic (exact) mass is 228 g/mol. The van der Waals surface area contributed by atoms with Crippen LogP contribution >= 0.6 is 0 Å². The summed E-state index contributed by atoms with van der Waals surface area (Å²) in [5.41, 5.74) is 0.303. The van der Waals surface area contributed by atoms with E-state index >= 15 is 0 Å². The zero-order chi connectivity index (χ0) is 11.6. The first kappa shape index (κ1) is 11.9.